The zero-order valence-corrected chi connectivity index (χ0v) is 21.9. The van der Waals surface area contributed by atoms with E-state index in [9.17, 15) is 14.3 Å². The van der Waals surface area contributed by atoms with Gasteiger partial charge in [0.05, 0.1) is 25.8 Å². The summed E-state index contributed by atoms with van der Waals surface area (Å²) in [5.41, 5.74) is -1.65. The molecule has 182 valence electrons. The second-order valence-corrected chi connectivity index (χ2v) is 9.98. The molecule has 35 heavy (non-hydrogen) atoms. The first-order chi connectivity index (χ1) is 16.5. The van der Waals surface area contributed by atoms with Crippen LogP contribution >= 0.6 is 69.6 Å². The van der Waals surface area contributed by atoms with Crippen molar-refractivity contribution in [3.8, 4) is 5.75 Å². The maximum atomic E-state index is 14.4. The van der Waals surface area contributed by atoms with E-state index in [1.54, 1.807) is 12.1 Å². The van der Waals surface area contributed by atoms with Crippen LogP contribution in [-0.4, -0.2) is 28.3 Å². The van der Waals surface area contributed by atoms with Crippen LogP contribution in [0.1, 0.15) is 17.5 Å². The molecular weight excluding hydrogens is 584 g/mol. The fourth-order valence-electron chi connectivity index (χ4n) is 3.51. The van der Waals surface area contributed by atoms with Crippen molar-refractivity contribution in [3.05, 3.63) is 95.6 Å². The molecule has 0 aromatic heterocycles. The number of carbonyl (C=O) groups excluding carboxylic acids is 1. The monoisotopic (exact) mass is 594 g/mol. The summed E-state index contributed by atoms with van der Waals surface area (Å²) in [6.45, 7) is -0.567. The Morgan fingerprint density at radius 3 is 2.26 bits per heavy atom. The van der Waals surface area contributed by atoms with Gasteiger partial charge in [-0.15, -0.1) is 0 Å². The summed E-state index contributed by atoms with van der Waals surface area (Å²) in [5, 5.41) is 17.6. The van der Waals surface area contributed by atoms with E-state index in [1.807, 2.05) is 0 Å². The molecule has 1 heterocycles. The molecule has 5 nitrogen and oxygen atoms in total. The average Bonchev–Trinajstić information content (AvgIpc) is 3.13. The SMILES string of the molecule is O=C(COc1ccc(Cl)cc1Cl)N1N=C(c2ccc(Cl)cc2Cl)CC1(O)c1cc(F)c(Cl)cc1Cl. The Labute approximate surface area is 229 Å². The van der Waals surface area contributed by atoms with Crippen molar-refractivity contribution < 1.29 is 19.0 Å². The number of nitrogens with zero attached hydrogens (tertiary/aromatic N) is 2. The molecule has 1 aliphatic rings. The van der Waals surface area contributed by atoms with Gasteiger partial charge in [-0.1, -0.05) is 75.7 Å². The molecule has 1 unspecified atom stereocenters. The van der Waals surface area contributed by atoms with Crippen LogP contribution in [0, 0.1) is 5.82 Å². The first-order valence-corrected chi connectivity index (χ1v) is 12.1. The van der Waals surface area contributed by atoms with E-state index in [2.05, 4.69) is 5.10 Å². The van der Waals surface area contributed by atoms with Crippen LogP contribution in [0.4, 0.5) is 4.39 Å². The molecule has 0 bridgehead atoms. The summed E-state index contributed by atoms with van der Waals surface area (Å²) in [6.07, 6.45) is -0.261. The molecule has 12 heteroatoms. The van der Waals surface area contributed by atoms with Gasteiger partial charge in [0.2, 0.25) is 0 Å². The van der Waals surface area contributed by atoms with Crippen molar-refractivity contribution >= 4 is 81.2 Å². The van der Waals surface area contributed by atoms with E-state index in [1.165, 1.54) is 24.3 Å². The maximum Gasteiger partial charge on any atom is 0.283 e. The minimum Gasteiger partial charge on any atom is -0.482 e. The largest absolute Gasteiger partial charge is 0.482 e. The third kappa shape index (κ3) is 5.35. The van der Waals surface area contributed by atoms with E-state index in [0.717, 1.165) is 17.1 Å². The summed E-state index contributed by atoms with van der Waals surface area (Å²) >= 11 is 36.4. The fourth-order valence-corrected chi connectivity index (χ4v) is 5.03. The highest BCUT2D eigenvalue weighted by Gasteiger charge is 2.48. The van der Waals surface area contributed by atoms with Crippen LogP contribution < -0.4 is 4.74 Å². The Kier molecular flexibility index (Phi) is 7.74. The molecule has 3 aromatic rings. The lowest BCUT2D eigenvalue weighted by Gasteiger charge is -2.32. The number of hydrogen-bond donors (Lipinski definition) is 1. The van der Waals surface area contributed by atoms with Crippen molar-refractivity contribution in [1.82, 2.24) is 5.01 Å². The lowest BCUT2D eigenvalue weighted by Crippen LogP contribution is -2.45. The first-order valence-electron chi connectivity index (χ1n) is 9.81. The zero-order chi connectivity index (χ0) is 25.5. The molecule has 1 atom stereocenters. The van der Waals surface area contributed by atoms with Gasteiger partial charge in [0.25, 0.3) is 5.91 Å². The molecule has 1 amide bonds. The lowest BCUT2D eigenvalue weighted by molar-refractivity contribution is -0.159. The van der Waals surface area contributed by atoms with E-state index in [-0.39, 0.29) is 43.5 Å². The summed E-state index contributed by atoms with van der Waals surface area (Å²) in [4.78, 5) is 13.2. The van der Waals surface area contributed by atoms with E-state index < -0.39 is 24.1 Å². The zero-order valence-electron chi connectivity index (χ0n) is 17.3. The Balaban J connectivity index is 1.73. The molecule has 3 aromatic carbocycles. The van der Waals surface area contributed by atoms with Gasteiger partial charge in [-0.25, -0.2) is 4.39 Å². The first kappa shape index (κ1) is 26.3. The standard InChI is InChI=1S/C23H13Cl6FN2O3/c24-11-1-3-13(15(26)5-11)20-9-23(34,14-7-19(30)17(28)8-16(14)27)32(31-20)22(33)10-35-21-4-2-12(25)6-18(21)29/h1-8,34H,9-10H2. The van der Waals surface area contributed by atoms with Crippen LogP contribution in [-0.2, 0) is 10.5 Å². The highest BCUT2D eigenvalue weighted by Crippen LogP contribution is 2.42. The number of rotatable bonds is 5. The van der Waals surface area contributed by atoms with E-state index in [4.69, 9.17) is 74.3 Å². The van der Waals surface area contributed by atoms with Crippen LogP contribution in [0.15, 0.2) is 53.6 Å². The number of aliphatic hydroxyl groups is 1. The molecule has 0 radical (unpaired) electrons. The number of hydrazone groups is 1. The minimum atomic E-state index is -2.18. The highest BCUT2D eigenvalue weighted by atomic mass is 35.5. The summed E-state index contributed by atoms with van der Waals surface area (Å²) in [5.74, 6) is -1.42. The topological polar surface area (TPSA) is 62.1 Å². The minimum absolute atomic E-state index is 0.0722. The molecular formula is C23H13Cl6FN2O3. The number of amides is 1. The Bertz CT molecular complexity index is 1370. The van der Waals surface area contributed by atoms with Gasteiger partial charge in [0.15, 0.2) is 12.3 Å². The second-order valence-electron chi connectivity index (χ2n) is 7.48. The molecule has 0 fully saturated rings. The van der Waals surface area contributed by atoms with E-state index in [0.29, 0.717) is 15.6 Å². The third-order valence-corrected chi connectivity index (χ3v) is 6.83. The van der Waals surface area contributed by atoms with Gasteiger partial charge in [-0.2, -0.15) is 10.1 Å². The van der Waals surface area contributed by atoms with Crippen molar-refractivity contribution in [2.45, 2.75) is 12.1 Å². The van der Waals surface area contributed by atoms with Crippen molar-refractivity contribution in [1.29, 1.82) is 0 Å². The maximum absolute atomic E-state index is 14.4. The summed E-state index contributed by atoms with van der Waals surface area (Å²) in [7, 11) is 0. The van der Waals surface area contributed by atoms with Gasteiger partial charge < -0.3 is 9.84 Å². The van der Waals surface area contributed by atoms with Gasteiger partial charge >= 0.3 is 0 Å². The summed E-state index contributed by atoms with van der Waals surface area (Å²) < 4.78 is 19.9. The van der Waals surface area contributed by atoms with Crippen LogP contribution in [0.3, 0.4) is 0 Å². The van der Waals surface area contributed by atoms with Gasteiger partial charge in [-0.3, -0.25) is 4.79 Å². The number of ether oxygens (including phenoxy) is 1. The normalized spacial score (nSPS) is 17.5. The molecule has 0 saturated heterocycles. The number of hydrogen-bond acceptors (Lipinski definition) is 4. The Hall–Kier alpha value is -1.77. The van der Waals surface area contributed by atoms with Crippen molar-refractivity contribution in [2.75, 3.05) is 6.61 Å². The average molecular weight is 597 g/mol. The molecule has 4 rings (SSSR count). The van der Waals surface area contributed by atoms with Crippen molar-refractivity contribution in [2.24, 2.45) is 5.10 Å². The van der Waals surface area contributed by atoms with Gasteiger partial charge in [0, 0.05) is 27.6 Å². The smallest absolute Gasteiger partial charge is 0.283 e. The number of benzene rings is 3. The molecule has 1 N–H and O–H groups in total. The van der Waals surface area contributed by atoms with Crippen LogP contribution in [0.5, 0.6) is 5.75 Å². The van der Waals surface area contributed by atoms with Crippen molar-refractivity contribution in [3.63, 3.8) is 0 Å². The predicted molar refractivity (Wildman–Crippen MR) is 137 cm³/mol. The molecule has 1 aliphatic heterocycles. The molecule has 0 aliphatic carbocycles. The fraction of sp³-hybridized carbons (Fsp3) is 0.130. The molecule has 0 saturated carbocycles. The Morgan fingerprint density at radius 1 is 0.943 bits per heavy atom. The third-order valence-electron chi connectivity index (χ3n) is 5.15. The predicted octanol–water partition coefficient (Wildman–Crippen LogP) is 7.61. The quantitative estimate of drug-likeness (QED) is 0.308. The van der Waals surface area contributed by atoms with Crippen LogP contribution in [0.25, 0.3) is 0 Å². The van der Waals surface area contributed by atoms with Gasteiger partial charge in [-0.05, 0) is 42.5 Å². The Morgan fingerprint density at radius 2 is 1.60 bits per heavy atom. The van der Waals surface area contributed by atoms with E-state index >= 15 is 0 Å². The van der Waals surface area contributed by atoms with Gasteiger partial charge in [0.1, 0.15) is 11.6 Å². The number of halogens is 7. The lowest BCUT2D eigenvalue weighted by atomic mass is 9.94. The number of carbonyl (C=O) groups is 1. The highest BCUT2D eigenvalue weighted by molar-refractivity contribution is 6.37. The second kappa shape index (κ2) is 10.3. The molecule has 0 spiro atoms. The summed E-state index contributed by atoms with van der Waals surface area (Å²) in [6, 6.07) is 11.2. The van der Waals surface area contributed by atoms with Crippen LogP contribution in [0.2, 0.25) is 30.1 Å².